The van der Waals surface area contributed by atoms with Gasteiger partial charge in [0.2, 0.25) is 0 Å². The van der Waals surface area contributed by atoms with Gasteiger partial charge in [0.25, 0.3) is 5.91 Å². The molecule has 158 valence electrons. The maximum absolute atomic E-state index is 12.6. The number of thiophene rings is 2. The molecule has 0 saturated carbocycles. The number of methoxy groups -OCH3 is 1. The van der Waals surface area contributed by atoms with Gasteiger partial charge >= 0.3 is 0 Å². The Bertz CT molecular complexity index is 918. The second-order valence-corrected chi connectivity index (χ2v) is 9.35. The Hall–Kier alpha value is -2.35. The van der Waals surface area contributed by atoms with Crippen molar-refractivity contribution in [3.8, 4) is 5.75 Å². The molecule has 0 aliphatic carbocycles. The van der Waals surface area contributed by atoms with Gasteiger partial charge in [-0.15, -0.1) is 22.7 Å². The topological polar surface area (TPSA) is 44.8 Å². The van der Waals surface area contributed by atoms with Crippen molar-refractivity contribution >= 4 is 34.3 Å². The van der Waals surface area contributed by atoms with Gasteiger partial charge in [-0.1, -0.05) is 12.1 Å². The molecule has 1 fully saturated rings. The van der Waals surface area contributed by atoms with Gasteiger partial charge in [0.15, 0.2) is 0 Å². The summed E-state index contributed by atoms with van der Waals surface area (Å²) >= 11 is 3.24. The first kappa shape index (κ1) is 20.9. The van der Waals surface area contributed by atoms with Crippen molar-refractivity contribution in [1.29, 1.82) is 0 Å². The summed E-state index contributed by atoms with van der Waals surface area (Å²) < 4.78 is 5.27. The number of benzene rings is 1. The largest absolute Gasteiger partial charge is 0.497 e. The third-order valence-electron chi connectivity index (χ3n) is 5.56. The zero-order valence-electron chi connectivity index (χ0n) is 17.3. The Morgan fingerprint density at radius 2 is 1.70 bits per heavy atom. The molecule has 0 bridgehead atoms. The van der Waals surface area contributed by atoms with Crippen LogP contribution in [-0.4, -0.2) is 50.1 Å². The van der Waals surface area contributed by atoms with Gasteiger partial charge in [0.1, 0.15) is 5.75 Å². The van der Waals surface area contributed by atoms with Crippen LogP contribution in [0.1, 0.15) is 27.5 Å². The Morgan fingerprint density at radius 1 is 1.00 bits per heavy atom. The average molecular weight is 442 g/mol. The Labute approximate surface area is 185 Å². The third-order valence-corrected chi connectivity index (χ3v) is 7.37. The minimum Gasteiger partial charge on any atom is -0.497 e. The number of carbonyl (C=O) groups is 1. The molecular formula is C23H27N3O2S2. The lowest BCUT2D eigenvalue weighted by molar-refractivity contribution is 0.0894. The van der Waals surface area contributed by atoms with Crippen LogP contribution in [-0.2, 0) is 0 Å². The van der Waals surface area contributed by atoms with Gasteiger partial charge in [-0.25, -0.2) is 0 Å². The summed E-state index contributed by atoms with van der Waals surface area (Å²) in [6.07, 6.45) is 0. The third kappa shape index (κ3) is 4.69. The first-order chi connectivity index (χ1) is 14.7. The number of ether oxygens (including phenoxy) is 1. The van der Waals surface area contributed by atoms with Gasteiger partial charge in [-0.2, -0.15) is 0 Å². The van der Waals surface area contributed by atoms with Crippen molar-refractivity contribution in [2.24, 2.45) is 0 Å². The van der Waals surface area contributed by atoms with Crippen molar-refractivity contribution in [2.75, 3.05) is 38.2 Å². The number of hydrogen-bond acceptors (Lipinski definition) is 6. The first-order valence-electron chi connectivity index (χ1n) is 10.2. The Balaban J connectivity index is 1.44. The van der Waals surface area contributed by atoms with E-state index < -0.39 is 0 Å². The number of carbonyl (C=O) groups excluding carboxylic acids is 1. The first-order valence-corrected chi connectivity index (χ1v) is 11.9. The Kier molecular flexibility index (Phi) is 6.72. The van der Waals surface area contributed by atoms with Crippen molar-refractivity contribution in [3.05, 3.63) is 69.0 Å². The van der Waals surface area contributed by atoms with E-state index in [-0.39, 0.29) is 18.0 Å². The number of anilines is 1. The van der Waals surface area contributed by atoms with Gasteiger partial charge in [-0.3, -0.25) is 9.69 Å². The number of amides is 1. The van der Waals surface area contributed by atoms with Crippen molar-refractivity contribution in [3.63, 3.8) is 0 Å². The molecule has 1 saturated heterocycles. The van der Waals surface area contributed by atoms with E-state index in [1.54, 1.807) is 18.4 Å². The lowest BCUT2D eigenvalue weighted by Gasteiger charge is -2.42. The fourth-order valence-electron chi connectivity index (χ4n) is 4.02. The smallest absolute Gasteiger partial charge is 0.261 e. The molecule has 1 N–H and O–H groups in total. The van der Waals surface area contributed by atoms with E-state index in [1.807, 2.05) is 29.6 Å². The van der Waals surface area contributed by atoms with Crippen molar-refractivity contribution < 1.29 is 9.53 Å². The predicted octanol–water partition coefficient (Wildman–Crippen LogP) is 4.50. The fraction of sp³-hybridized carbons (Fsp3) is 0.348. The zero-order valence-corrected chi connectivity index (χ0v) is 18.9. The molecule has 2 unspecified atom stereocenters. The SMILES string of the molecule is COc1ccc(N2CCN(C(c3cccs3)C(C)NC(=O)c3cccs3)CC2)cc1. The predicted molar refractivity (Wildman–Crippen MR) is 125 cm³/mol. The van der Waals surface area contributed by atoms with Crippen LogP contribution in [0.2, 0.25) is 0 Å². The van der Waals surface area contributed by atoms with Gasteiger partial charge in [0.05, 0.1) is 18.0 Å². The monoisotopic (exact) mass is 441 g/mol. The molecule has 5 nitrogen and oxygen atoms in total. The fourth-order valence-corrected chi connectivity index (χ4v) is 5.61. The minimum atomic E-state index is 0.0101. The number of hydrogen-bond donors (Lipinski definition) is 1. The molecule has 2 aromatic heterocycles. The van der Waals surface area contributed by atoms with E-state index in [2.05, 4.69) is 51.7 Å². The quantitative estimate of drug-likeness (QED) is 0.586. The molecule has 30 heavy (non-hydrogen) atoms. The summed E-state index contributed by atoms with van der Waals surface area (Å²) in [5.41, 5.74) is 1.22. The molecule has 3 aromatic rings. The highest BCUT2D eigenvalue weighted by atomic mass is 32.1. The summed E-state index contributed by atoms with van der Waals surface area (Å²) in [4.78, 5) is 19.6. The highest BCUT2D eigenvalue weighted by Crippen LogP contribution is 2.31. The molecule has 1 aromatic carbocycles. The zero-order chi connectivity index (χ0) is 20.9. The molecule has 1 amide bonds. The lowest BCUT2D eigenvalue weighted by Crippen LogP contribution is -2.52. The van der Waals surface area contributed by atoms with Crippen LogP contribution >= 0.6 is 22.7 Å². The summed E-state index contributed by atoms with van der Waals surface area (Å²) in [6, 6.07) is 16.5. The molecule has 3 heterocycles. The van der Waals surface area contributed by atoms with Crippen LogP contribution in [0.3, 0.4) is 0 Å². The van der Waals surface area contributed by atoms with Gasteiger partial charge in [0, 0.05) is 42.8 Å². The summed E-state index contributed by atoms with van der Waals surface area (Å²) in [5, 5.41) is 7.29. The second kappa shape index (κ2) is 9.64. The standard InChI is InChI=1S/C23H27N3O2S2/c1-17(24-23(27)21-6-4-16-30-21)22(20-5-3-15-29-20)26-13-11-25(12-14-26)18-7-9-19(28-2)10-8-18/h3-10,15-17,22H,11-14H2,1-2H3,(H,24,27). The summed E-state index contributed by atoms with van der Waals surface area (Å²) in [6.45, 7) is 5.94. The summed E-state index contributed by atoms with van der Waals surface area (Å²) in [7, 11) is 1.69. The maximum Gasteiger partial charge on any atom is 0.261 e. The van der Waals surface area contributed by atoms with E-state index in [4.69, 9.17) is 4.74 Å². The maximum atomic E-state index is 12.6. The highest BCUT2D eigenvalue weighted by molar-refractivity contribution is 7.12. The molecule has 0 spiro atoms. The van der Waals surface area contributed by atoms with Crippen molar-refractivity contribution in [2.45, 2.75) is 19.0 Å². The minimum absolute atomic E-state index is 0.0101. The molecule has 4 rings (SSSR count). The van der Waals surface area contributed by atoms with E-state index >= 15 is 0 Å². The average Bonchev–Trinajstić information content (AvgIpc) is 3.49. The molecule has 7 heteroatoms. The van der Waals surface area contributed by atoms with E-state index in [1.165, 1.54) is 21.9 Å². The number of nitrogens with one attached hydrogen (secondary N) is 1. The van der Waals surface area contributed by atoms with Crippen LogP contribution in [0.25, 0.3) is 0 Å². The number of rotatable bonds is 7. The van der Waals surface area contributed by atoms with E-state index in [0.29, 0.717) is 0 Å². The molecule has 2 atom stereocenters. The Morgan fingerprint density at radius 3 is 2.30 bits per heavy atom. The number of nitrogens with zero attached hydrogens (tertiary/aromatic N) is 2. The second-order valence-electron chi connectivity index (χ2n) is 7.42. The molecular weight excluding hydrogens is 414 g/mol. The van der Waals surface area contributed by atoms with Gasteiger partial charge < -0.3 is 15.0 Å². The molecule has 0 radical (unpaired) electrons. The van der Waals surface area contributed by atoms with Crippen LogP contribution in [0, 0.1) is 0 Å². The molecule has 1 aliphatic heterocycles. The van der Waals surface area contributed by atoms with Crippen LogP contribution < -0.4 is 15.0 Å². The normalized spacial score (nSPS) is 16.8. The van der Waals surface area contributed by atoms with E-state index in [0.717, 1.165) is 36.8 Å². The molecule has 1 aliphatic rings. The van der Waals surface area contributed by atoms with Crippen LogP contribution in [0.15, 0.2) is 59.3 Å². The lowest BCUT2D eigenvalue weighted by atomic mass is 10.0. The number of piperazine rings is 1. The van der Waals surface area contributed by atoms with Crippen LogP contribution in [0.5, 0.6) is 5.75 Å². The van der Waals surface area contributed by atoms with E-state index in [9.17, 15) is 4.79 Å². The van der Waals surface area contributed by atoms with Crippen molar-refractivity contribution in [1.82, 2.24) is 10.2 Å². The highest BCUT2D eigenvalue weighted by Gasteiger charge is 2.31. The van der Waals surface area contributed by atoms with Gasteiger partial charge in [-0.05, 0) is 54.1 Å². The summed E-state index contributed by atoms with van der Waals surface area (Å²) in [5.74, 6) is 0.890. The van der Waals surface area contributed by atoms with Crippen LogP contribution in [0.4, 0.5) is 5.69 Å².